The highest BCUT2D eigenvalue weighted by molar-refractivity contribution is 5.75. The quantitative estimate of drug-likeness (QED) is 0.722. The van der Waals surface area contributed by atoms with Gasteiger partial charge in [0.25, 0.3) is 0 Å². The van der Waals surface area contributed by atoms with Crippen LogP contribution in [-0.4, -0.2) is 49.1 Å². The maximum absolute atomic E-state index is 12.2. The van der Waals surface area contributed by atoms with Gasteiger partial charge >= 0.3 is 5.97 Å². The van der Waals surface area contributed by atoms with Crippen molar-refractivity contribution in [1.29, 1.82) is 0 Å². The van der Waals surface area contributed by atoms with Gasteiger partial charge in [0.1, 0.15) is 24.9 Å². The van der Waals surface area contributed by atoms with Crippen LogP contribution in [0.4, 0.5) is 0 Å². The fourth-order valence-corrected chi connectivity index (χ4v) is 2.68. The largest absolute Gasteiger partial charge is 0.462 e. The van der Waals surface area contributed by atoms with Gasteiger partial charge in [-0.05, 0) is 48.0 Å². The molecule has 0 saturated carbocycles. The Kier molecular flexibility index (Phi) is 5.12. The van der Waals surface area contributed by atoms with Crippen LogP contribution >= 0.6 is 0 Å². The van der Waals surface area contributed by atoms with E-state index in [1.54, 1.807) is 0 Å². The zero-order valence-corrected chi connectivity index (χ0v) is 15.3. The van der Waals surface area contributed by atoms with Gasteiger partial charge in [-0.25, -0.2) is 0 Å². The minimum absolute atomic E-state index is 0.149. The third-order valence-corrected chi connectivity index (χ3v) is 4.43. The summed E-state index contributed by atoms with van der Waals surface area (Å²) >= 11 is 0. The van der Waals surface area contributed by atoms with Crippen molar-refractivity contribution in [2.45, 2.75) is 84.8 Å². The van der Waals surface area contributed by atoms with Crippen molar-refractivity contribution in [1.82, 2.24) is 0 Å². The van der Waals surface area contributed by atoms with Gasteiger partial charge in [-0.1, -0.05) is 6.92 Å². The Balaban J connectivity index is 1.99. The van der Waals surface area contributed by atoms with Crippen molar-refractivity contribution >= 4 is 5.97 Å². The van der Waals surface area contributed by atoms with E-state index in [1.165, 1.54) is 0 Å². The van der Waals surface area contributed by atoms with E-state index in [0.29, 0.717) is 6.61 Å². The predicted molar refractivity (Wildman–Crippen MR) is 83.8 cm³/mol. The summed E-state index contributed by atoms with van der Waals surface area (Å²) < 4.78 is 28.8. The first-order valence-corrected chi connectivity index (χ1v) is 8.30. The number of carbonyl (C=O) groups is 1. The summed E-state index contributed by atoms with van der Waals surface area (Å²) in [6, 6.07) is 0. The molecule has 0 spiro atoms. The molecule has 0 radical (unpaired) electrons. The van der Waals surface area contributed by atoms with Crippen LogP contribution in [0.15, 0.2) is 0 Å². The second-order valence-corrected chi connectivity index (χ2v) is 7.84. The SMILES string of the molecule is CCC(C)(C)C(=O)OCC1OC(C)(C)OC1C1COC(C)(C)O1. The van der Waals surface area contributed by atoms with Crippen molar-refractivity contribution in [3.8, 4) is 0 Å². The Morgan fingerprint density at radius 3 is 2.30 bits per heavy atom. The molecule has 0 aliphatic carbocycles. The Morgan fingerprint density at radius 1 is 1.13 bits per heavy atom. The Morgan fingerprint density at radius 2 is 1.78 bits per heavy atom. The van der Waals surface area contributed by atoms with E-state index >= 15 is 0 Å². The second kappa shape index (κ2) is 6.31. The highest BCUT2D eigenvalue weighted by Crippen LogP contribution is 2.36. The van der Waals surface area contributed by atoms with Gasteiger partial charge in [0.15, 0.2) is 11.6 Å². The number of ether oxygens (including phenoxy) is 5. The lowest BCUT2D eigenvalue weighted by Crippen LogP contribution is -2.41. The predicted octanol–water partition coefficient (Wildman–Crippen LogP) is 2.64. The molecule has 0 aromatic heterocycles. The molecule has 0 aromatic rings. The lowest BCUT2D eigenvalue weighted by molar-refractivity contribution is -0.175. The third-order valence-electron chi connectivity index (χ3n) is 4.43. The number of hydrogen-bond donors (Lipinski definition) is 0. The minimum Gasteiger partial charge on any atom is -0.462 e. The summed E-state index contributed by atoms with van der Waals surface area (Å²) in [6.07, 6.45) is -0.223. The number of carbonyl (C=O) groups excluding carboxylic acids is 1. The van der Waals surface area contributed by atoms with Gasteiger partial charge in [0, 0.05) is 0 Å². The van der Waals surface area contributed by atoms with Crippen LogP contribution in [0, 0.1) is 5.41 Å². The lowest BCUT2D eigenvalue weighted by Gasteiger charge is -2.25. The Labute approximate surface area is 138 Å². The average molecular weight is 330 g/mol. The zero-order chi connectivity index (χ0) is 17.5. The summed E-state index contributed by atoms with van der Waals surface area (Å²) in [6.45, 7) is 13.7. The van der Waals surface area contributed by atoms with Crippen molar-refractivity contribution in [2.75, 3.05) is 13.2 Å². The molecule has 0 bridgehead atoms. The standard InChI is InChI=1S/C17H30O6/c1-8-15(2,3)14(18)19-9-11-13(23-17(6,7)22-11)12-10-20-16(4,5)21-12/h11-13H,8-10H2,1-7H3. The fourth-order valence-electron chi connectivity index (χ4n) is 2.68. The first kappa shape index (κ1) is 18.6. The van der Waals surface area contributed by atoms with Crippen molar-refractivity contribution in [3.63, 3.8) is 0 Å². The van der Waals surface area contributed by atoms with Crippen LogP contribution in [0.3, 0.4) is 0 Å². The molecule has 23 heavy (non-hydrogen) atoms. The van der Waals surface area contributed by atoms with E-state index in [9.17, 15) is 4.79 Å². The molecule has 2 fully saturated rings. The molecule has 0 aromatic carbocycles. The van der Waals surface area contributed by atoms with Crippen LogP contribution in [0.5, 0.6) is 0 Å². The highest BCUT2D eigenvalue weighted by atomic mass is 16.8. The monoisotopic (exact) mass is 330 g/mol. The van der Waals surface area contributed by atoms with Gasteiger partial charge in [0.2, 0.25) is 0 Å². The van der Waals surface area contributed by atoms with Crippen LogP contribution in [0.25, 0.3) is 0 Å². The Bertz CT molecular complexity index is 442. The van der Waals surface area contributed by atoms with E-state index < -0.39 is 17.0 Å². The molecular formula is C17H30O6. The summed E-state index contributed by atoms with van der Waals surface area (Å²) in [4.78, 5) is 12.2. The van der Waals surface area contributed by atoms with Crippen LogP contribution in [0.2, 0.25) is 0 Å². The molecule has 6 heteroatoms. The third kappa shape index (κ3) is 4.44. The van der Waals surface area contributed by atoms with Gasteiger partial charge in [-0.15, -0.1) is 0 Å². The molecule has 2 aliphatic rings. The molecular weight excluding hydrogens is 300 g/mol. The zero-order valence-electron chi connectivity index (χ0n) is 15.3. The molecule has 6 nitrogen and oxygen atoms in total. The fraction of sp³-hybridized carbons (Fsp3) is 0.941. The normalized spacial score (nSPS) is 32.9. The second-order valence-electron chi connectivity index (χ2n) is 7.84. The van der Waals surface area contributed by atoms with E-state index in [4.69, 9.17) is 23.7 Å². The minimum atomic E-state index is -0.738. The smallest absolute Gasteiger partial charge is 0.311 e. The molecule has 2 rings (SSSR count). The maximum atomic E-state index is 12.2. The molecule has 134 valence electrons. The van der Waals surface area contributed by atoms with E-state index in [-0.39, 0.29) is 30.9 Å². The number of esters is 1. The van der Waals surface area contributed by atoms with Crippen molar-refractivity contribution in [3.05, 3.63) is 0 Å². The molecule has 3 atom stereocenters. The summed E-state index contributed by atoms with van der Waals surface area (Å²) in [5.41, 5.74) is -0.501. The van der Waals surface area contributed by atoms with Crippen molar-refractivity contribution < 1.29 is 28.5 Å². The lowest BCUT2D eigenvalue weighted by atomic mass is 9.91. The number of hydrogen-bond acceptors (Lipinski definition) is 6. The van der Waals surface area contributed by atoms with Crippen LogP contribution in [-0.2, 0) is 28.5 Å². The van der Waals surface area contributed by atoms with Gasteiger partial charge in [0.05, 0.1) is 12.0 Å². The van der Waals surface area contributed by atoms with Crippen molar-refractivity contribution in [2.24, 2.45) is 5.41 Å². The summed E-state index contributed by atoms with van der Waals surface area (Å²) in [7, 11) is 0. The Hall–Kier alpha value is -0.690. The van der Waals surface area contributed by atoms with Gasteiger partial charge < -0.3 is 23.7 Å². The first-order chi connectivity index (χ1) is 10.5. The molecule has 2 saturated heterocycles. The molecule has 3 unspecified atom stereocenters. The van der Waals surface area contributed by atoms with E-state index in [0.717, 1.165) is 6.42 Å². The first-order valence-electron chi connectivity index (χ1n) is 8.30. The van der Waals surface area contributed by atoms with E-state index in [2.05, 4.69) is 0 Å². The van der Waals surface area contributed by atoms with E-state index in [1.807, 2.05) is 48.5 Å². The summed E-state index contributed by atoms with van der Waals surface area (Å²) in [5.74, 6) is -1.60. The van der Waals surface area contributed by atoms with Gasteiger partial charge in [-0.3, -0.25) is 4.79 Å². The molecule has 0 amide bonds. The molecule has 2 aliphatic heterocycles. The molecule has 2 heterocycles. The summed E-state index contributed by atoms with van der Waals surface area (Å²) in [5, 5.41) is 0. The highest BCUT2D eigenvalue weighted by Gasteiger charge is 2.50. The van der Waals surface area contributed by atoms with Gasteiger partial charge in [-0.2, -0.15) is 0 Å². The number of rotatable bonds is 5. The average Bonchev–Trinajstić information content (AvgIpc) is 2.94. The van der Waals surface area contributed by atoms with Crippen LogP contribution < -0.4 is 0 Å². The molecule has 0 N–H and O–H groups in total. The maximum Gasteiger partial charge on any atom is 0.311 e. The van der Waals surface area contributed by atoms with Crippen LogP contribution in [0.1, 0.15) is 54.9 Å². The topological polar surface area (TPSA) is 63.2 Å².